The first-order valence-electron chi connectivity index (χ1n) is 9.70. The molecule has 28 heavy (non-hydrogen) atoms. The number of Topliss-reactive ketones (excluding diaryl/α,β-unsaturated/α-hetero) is 1. The fourth-order valence-corrected chi connectivity index (χ4v) is 3.98. The summed E-state index contributed by atoms with van der Waals surface area (Å²) < 4.78 is 5.12. The number of aromatic nitrogens is 1. The lowest BCUT2D eigenvalue weighted by molar-refractivity contribution is -0.129. The Bertz CT molecular complexity index is 926. The van der Waals surface area contributed by atoms with Crippen molar-refractivity contribution in [3.8, 4) is 0 Å². The van der Waals surface area contributed by atoms with Crippen LogP contribution in [-0.4, -0.2) is 46.9 Å². The van der Waals surface area contributed by atoms with E-state index < -0.39 is 17.7 Å². The molecule has 3 rings (SSSR count). The second-order valence-electron chi connectivity index (χ2n) is 7.74. The SMILES string of the molecule is COCCCN1C(=O)C(O)=C(C(=O)CC(C)C)C1c1c(C)[nH]c2ccccc12. The van der Waals surface area contributed by atoms with Gasteiger partial charge in [0.05, 0.1) is 11.6 Å². The number of hydrogen-bond donors (Lipinski definition) is 2. The molecular weight excluding hydrogens is 356 g/mol. The summed E-state index contributed by atoms with van der Waals surface area (Å²) in [6.45, 7) is 6.74. The molecule has 1 aliphatic rings. The highest BCUT2D eigenvalue weighted by atomic mass is 16.5. The van der Waals surface area contributed by atoms with Crippen molar-refractivity contribution in [1.29, 1.82) is 0 Å². The van der Waals surface area contributed by atoms with Crippen molar-refractivity contribution in [3.05, 3.63) is 46.9 Å². The van der Waals surface area contributed by atoms with Gasteiger partial charge in [-0.05, 0) is 25.3 Å². The molecule has 6 heteroatoms. The highest BCUT2D eigenvalue weighted by Crippen LogP contribution is 2.42. The van der Waals surface area contributed by atoms with Crippen LogP contribution in [0.1, 0.15) is 44.0 Å². The van der Waals surface area contributed by atoms with Crippen LogP contribution in [0.2, 0.25) is 0 Å². The average Bonchev–Trinajstić information content (AvgIpc) is 3.09. The van der Waals surface area contributed by atoms with Gasteiger partial charge >= 0.3 is 0 Å². The van der Waals surface area contributed by atoms with Crippen LogP contribution in [0.25, 0.3) is 10.9 Å². The molecule has 0 saturated carbocycles. The Morgan fingerprint density at radius 1 is 1.32 bits per heavy atom. The summed E-state index contributed by atoms with van der Waals surface area (Å²) in [4.78, 5) is 30.8. The van der Waals surface area contributed by atoms with Gasteiger partial charge < -0.3 is 19.7 Å². The molecule has 1 amide bonds. The lowest BCUT2D eigenvalue weighted by atomic mass is 9.90. The number of hydrogen-bond acceptors (Lipinski definition) is 4. The number of amides is 1. The predicted molar refractivity (Wildman–Crippen MR) is 108 cm³/mol. The number of fused-ring (bicyclic) bond motifs is 1. The number of aliphatic hydroxyl groups is 1. The zero-order valence-corrected chi connectivity index (χ0v) is 16.9. The van der Waals surface area contributed by atoms with Crippen molar-refractivity contribution < 1.29 is 19.4 Å². The lowest BCUT2D eigenvalue weighted by Gasteiger charge is -2.27. The number of aliphatic hydroxyl groups excluding tert-OH is 1. The van der Waals surface area contributed by atoms with Crippen molar-refractivity contribution in [1.82, 2.24) is 9.88 Å². The van der Waals surface area contributed by atoms with Crippen molar-refractivity contribution >= 4 is 22.6 Å². The first kappa shape index (κ1) is 20.1. The van der Waals surface area contributed by atoms with Crippen LogP contribution in [0.15, 0.2) is 35.6 Å². The minimum absolute atomic E-state index is 0.134. The molecule has 150 valence electrons. The second kappa shape index (κ2) is 8.19. The molecule has 1 aromatic carbocycles. The Morgan fingerprint density at radius 3 is 2.71 bits per heavy atom. The number of ether oxygens (including phenoxy) is 1. The van der Waals surface area contributed by atoms with Crippen molar-refractivity contribution in [2.24, 2.45) is 5.92 Å². The number of rotatable bonds is 8. The largest absolute Gasteiger partial charge is 0.503 e. The van der Waals surface area contributed by atoms with E-state index in [1.807, 2.05) is 45.0 Å². The van der Waals surface area contributed by atoms with Gasteiger partial charge in [-0.15, -0.1) is 0 Å². The van der Waals surface area contributed by atoms with Crippen LogP contribution >= 0.6 is 0 Å². The maximum Gasteiger partial charge on any atom is 0.290 e. The summed E-state index contributed by atoms with van der Waals surface area (Å²) in [7, 11) is 1.61. The van der Waals surface area contributed by atoms with E-state index in [9.17, 15) is 14.7 Å². The molecular formula is C22H28N2O4. The van der Waals surface area contributed by atoms with E-state index in [2.05, 4.69) is 4.98 Å². The van der Waals surface area contributed by atoms with Gasteiger partial charge in [0.25, 0.3) is 5.91 Å². The van der Waals surface area contributed by atoms with Gasteiger partial charge in [-0.2, -0.15) is 0 Å². The van der Waals surface area contributed by atoms with Crippen LogP contribution in [0, 0.1) is 12.8 Å². The molecule has 0 saturated heterocycles. The normalized spacial score (nSPS) is 17.4. The van der Waals surface area contributed by atoms with E-state index in [-0.39, 0.29) is 23.7 Å². The number of nitrogens with zero attached hydrogens (tertiary/aromatic N) is 1. The highest BCUT2D eigenvalue weighted by molar-refractivity contribution is 6.09. The molecule has 2 N–H and O–H groups in total. The standard InChI is InChI=1S/C22H28N2O4/c1-13(2)12-17(25)19-20(24(10-7-11-28-4)22(27)21(19)26)18-14(3)23-16-9-6-5-8-15(16)18/h5-6,8-9,13,20,23,26H,7,10-12H2,1-4H3. The third-order valence-corrected chi connectivity index (χ3v) is 5.16. The summed E-state index contributed by atoms with van der Waals surface area (Å²) in [6, 6.07) is 7.23. The predicted octanol–water partition coefficient (Wildman–Crippen LogP) is 3.82. The molecule has 2 aromatic rings. The zero-order chi connectivity index (χ0) is 20.4. The summed E-state index contributed by atoms with van der Waals surface area (Å²) >= 11 is 0. The minimum atomic E-state index is -0.591. The Labute approximate surface area is 165 Å². The van der Waals surface area contributed by atoms with Gasteiger partial charge in [0.1, 0.15) is 0 Å². The van der Waals surface area contributed by atoms with Crippen LogP contribution < -0.4 is 0 Å². The van der Waals surface area contributed by atoms with Gasteiger partial charge in [0.15, 0.2) is 11.5 Å². The van der Waals surface area contributed by atoms with Gasteiger partial charge in [0.2, 0.25) is 0 Å². The fourth-order valence-electron chi connectivity index (χ4n) is 3.98. The third kappa shape index (κ3) is 3.56. The van der Waals surface area contributed by atoms with E-state index in [1.54, 1.807) is 12.0 Å². The van der Waals surface area contributed by atoms with Gasteiger partial charge in [-0.1, -0.05) is 32.0 Å². The number of H-pyrrole nitrogens is 1. The number of ketones is 1. The second-order valence-corrected chi connectivity index (χ2v) is 7.74. The summed E-state index contributed by atoms with van der Waals surface area (Å²) in [5.74, 6) is -0.949. The molecule has 0 radical (unpaired) electrons. The van der Waals surface area contributed by atoms with Gasteiger partial charge in [-0.3, -0.25) is 9.59 Å². The van der Waals surface area contributed by atoms with Crippen LogP contribution in [-0.2, 0) is 14.3 Å². The third-order valence-electron chi connectivity index (χ3n) is 5.16. The maximum absolute atomic E-state index is 13.0. The lowest BCUT2D eigenvalue weighted by Crippen LogP contribution is -2.33. The van der Waals surface area contributed by atoms with Crippen molar-refractivity contribution in [2.45, 2.75) is 39.7 Å². The molecule has 2 heterocycles. The Kier molecular flexibility index (Phi) is 5.89. The molecule has 1 aromatic heterocycles. The number of benzene rings is 1. The molecule has 1 atom stereocenters. The van der Waals surface area contributed by atoms with E-state index in [4.69, 9.17) is 4.74 Å². The Hall–Kier alpha value is -2.60. The molecule has 6 nitrogen and oxygen atoms in total. The van der Waals surface area contributed by atoms with Crippen LogP contribution in [0.4, 0.5) is 0 Å². The topological polar surface area (TPSA) is 82.6 Å². The number of aromatic amines is 1. The molecule has 0 aliphatic carbocycles. The summed E-state index contributed by atoms with van der Waals surface area (Å²) in [5.41, 5.74) is 2.92. The first-order valence-corrected chi connectivity index (χ1v) is 9.70. The summed E-state index contributed by atoms with van der Waals surface area (Å²) in [6.07, 6.45) is 0.912. The van der Waals surface area contributed by atoms with Crippen LogP contribution in [0.5, 0.6) is 0 Å². The molecule has 1 unspecified atom stereocenters. The zero-order valence-electron chi connectivity index (χ0n) is 16.9. The monoisotopic (exact) mass is 384 g/mol. The van der Waals surface area contributed by atoms with Crippen molar-refractivity contribution in [2.75, 3.05) is 20.3 Å². The van der Waals surface area contributed by atoms with Gasteiger partial charge in [0, 0.05) is 48.8 Å². The smallest absolute Gasteiger partial charge is 0.290 e. The fraction of sp³-hybridized carbons (Fsp3) is 0.455. The number of aryl methyl sites for hydroxylation is 1. The molecule has 0 spiro atoms. The number of methoxy groups -OCH3 is 1. The average molecular weight is 384 g/mol. The number of para-hydroxylation sites is 1. The molecule has 1 aliphatic heterocycles. The van der Waals surface area contributed by atoms with Gasteiger partial charge in [-0.25, -0.2) is 0 Å². The molecule has 0 fully saturated rings. The first-order chi connectivity index (χ1) is 13.4. The maximum atomic E-state index is 13.0. The van der Waals surface area contributed by atoms with Crippen LogP contribution in [0.3, 0.4) is 0 Å². The van der Waals surface area contributed by atoms with E-state index in [0.717, 1.165) is 22.2 Å². The number of carbonyl (C=O) groups excluding carboxylic acids is 2. The number of carbonyl (C=O) groups is 2. The minimum Gasteiger partial charge on any atom is -0.503 e. The highest BCUT2D eigenvalue weighted by Gasteiger charge is 2.44. The Balaban J connectivity index is 2.13. The van der Waals surface area contributed by atoms with Crippen molar-refractivity contribution in [3.63, 3.8) is 0 Å². The molecule has 0 bridgehead atoms. The number of nitrogens with one attached hydrogen (secondary N) is 1. The summed E-state index contributed by atoms with van der Waals surface area (Å²) in [5, 5.41) is 11.6. The Morgan fingerprint density at radius 2 is 2.04 bits per heavy atom. The van der Waals surface area contributed by atoms with E-state index in [1.165, 1.54) is 0 Å². The van der Waals surface area contributed by atoms with E-state index in [0.29, 0.717) is 19.6 Å². The van der Waals surface area contributed by atoms with E-state index >= 15 is 0 Å². The quantitative estimate of drug-likeness (QED) is 0.678.